The minimum atomic E-state index is -1.04. The quantitative estimate of drug-likeness (QED) is 0.169. The average molecular weight is 560 g/mol. The molecule has 2 saturated carbocycles. The minimum absolute atomic E-state index is 0.00249. The van der Waals surface area contributed by atoms with Gasteiger partial charge in [0.1, 0.15) is 5.52 Å². The lowest BCUT2D eigenvalue weighted by Crippen LogP contribution is -2.48. The molecular weight excluding hydrogens is 530 g/mol. The zero-order valence-electron chi connectivity index (χ0n) is 23.1. The SMILES string of the molecule is O=C1c2ccc3c4ncc5c6c(ccc(c7nnc(c2c37)C(=O)N1C1CCCCC1)c64)C(O)N(C1CCCCC1)C5=O. The van der Waals surface area contributed by atoms with Gasteiger partial charge in [-0.25, -0.2) is 0 Å². The highest BCUT2D eigenvalue weighted by Crippen LogP contribution is 2.47. The van der Waals surface area contributed by atoms with Gasteiger partial charge < -0.3 is 10.0 Å². The van der Waals surface area contributed by atoms with Crippen LogP contribution in [0.3, 0.4) is 0 Å². The number of hydrogen-bond donors (Lipinski definition) is 1. The molecule has 3 amide bonds. The van der Waals surface area contributed by atoms with Gasteiger partial charge in [0.15, 0.2) is 11.9 Å². The predicted octanol–water partition coefficient (Wildman–Crippen LogP) is 5.63. The van der Waals surface area contributed by atoms with Gasteiger partial charge in [0.2, 0.25) is 0 Å². The number of aliphatic hydroxyl groups excluding tert-OH is 1. The zero-order chi connectivity index (χ0) is 28.3. The molecule has 9 rings (SSSR count). The Morgan fingerprint density at radius 2 is 1.31 bits per heavy atom. The molecule has 2 aliphatic carbocycles. The summed E-state index contributed by atoms with van der Waals surface area (Å²) in [7, 11) is 0. The number of carbonyl (C=O) groups is 3. The molecule has 9 heteroatoms. The van der Waals surface area contributed by atoms with Gasteiger partial charge in [-0.05, 0) is 31.7 Å². The van der Waals surface area contributed by atoms with Gasteiger partial charge in [0.05, 0.1) is 16.6 Å². The molecule has 3 aromatic carbocycles. The van der Waals surface area contributed by atoms with Crippen molar-refractivity contribution < 1.29 is 19.5 Å². The molecule has 42 heavy (non-hydrogen) atoms. The van der Waals surface area contributed by atoms with E-state index in [-0.39, 0.29) is 35.5 Å². The van der Waals surface area contributed by atoms with E-state index in [0.717, 1.165) is 80.4 Å². The van der Waals surface area contributed by atoms with E-state index in [1.807, 2.05) is 18.2 Å². The fourth-order valence-corrected chi connectivity index (χ4v) is 8.33. The van der Waals surface area contributed by atoms with Crippen LogP contribution in [-0.4, -0.2) is 59.9 Å². The molecule has 4 heterocycles. The standard InChI is InChI=1S/C33H29N5O4/c39-30-20-13-12-19-24-23(20)22(32(41)37(30)16-7-3-1-4-8-16)15-34-27(24)18-11-14-21-26-25(18)28(19)35-36-29(26)33(42)38(31(21)40)17-9-5-2-6-10-17/h11-17,30,39H,1-10H2. The van der Waals surface area contributed by atoms with E-state index in [1.54, 1.807) is 17.2 Å². The molecule has 0 radical (unpaired) electrons. The fourth-order valence-electron chi connectivity index (χ4n) is 8.33. The highest BCUT2D eigenvalue weighted by Gasteiger charge is 2.42. The summed E-state index contributed by atoms with van der Waals surface area (Å²) in [6.07, 6.45) is 10.3. The highest BCUT2D eigenvalue weighted by molar-refractivity contribution is 6.37. The number of rotatable bonds is 2. The Morgan fingerprint density at radius 1 is 0.643 bits per heavy atom. The van der Waals surface area contributed by atoms with E-state index in [0.29, 0.717) is 43.9 Å². The number of benzene rings is 3. The molecule has 0 saturated heterocycles. The van der Waals surface area contributed by atoms with Crippen LogP contribution in [0.5, 0.6) is 0 Å². The Bertz CT molecular complexity index is 1940. The Hall–Kier alpha value is -4.24. The third kappa shape index (κ3) is 3.01. The maximum Gasteiger partial charge on any atom is 0.282 e. The van der Waals surface area contributed by atoms with Crippen molar-refractivity contribution in [2.24, 2.45) is 0 Å². The summed E-state index contributed by atoms with van der Waals surface area (Å²) in [4.78, 5) is 49.3. The topological polar surface area (TPSA) is 117 Å². The first-order valence-electron chi connectivity index (χ1n) is 15.2. The van der Waals surface area contributed by atoms with E-state index in [4.69, 9.17) is 4.98 Å². The van der Waals surface area contributed by atoms with Crippen LogP contribution >= 0.6 is 0 Å². The van der Waals surface area contributed by atoms with Crippen LogP contribution in [0.2, 0.25) is 0 Å². The van der Waals surface area contributed by atoms with Crippen LogP contribution in [0.4, 0.5) is 0 Å². The summed E-state index contributed by atoms with van der Waals surface area (Å²) in [6.45, 7) is 0. The van der Waals surface area contributed by atoms with E-state index < -0.39 is 6.23 Å². The molecule has 210 valence electrons. The Labute approximate surface area is 240 Å². The van der Waals surface area contributed by atoms with Gasteiger partial charge in [0.25, 0.3) is 17.7 Å². The van der Waals surface area contributed by atoms with Crippen molar-refractivity contribution in [2.45, 2.75) is 82.5 Å². The lowest BCUT2D eigenvalue weighted by atomic mass is 9.85. The van der Waals surface area contributed by atoms with Gasteiger partial charge in [-0.2, -0.15) is 0 Å². The summed E-state index contributed by atoms with van der Waals surface area (Å²) in [5, 5.41) is 24.8. The number of hydrogen-bond acceptors (Lipinski definition) is 7. The van der Waals surface area contributed by atoms with Gasteiger partial charge in [-0.15, -0.1) is 10.2 Å². The lowest BCUT2D eigenvalue weighted by Gasteiger charge is -2.41. The summed E-state index contributed by atoms with van der Waals surface area (Å²) >= 11 is 0. The Balaban J connectivity index is 1.29. The third-order valence-corrected chi connectivity index (χ3v) is 10.3. The molecule has 1 atom stereocenters. The van der Waals surface area contributed by atoms with Crippen molar-refractivity contribution in [3.8, 4) is 0 Å². The number of fused-ring (bicyclic) bond motifs is 2. The molecular formula is C33H29N5O4. The number of carbonyl (C=O) groups excluding carboxylic acids is 3. The van der Waals surface area contributed by atoms with Crippen LogP contribution in [0.25, 0.3) is 43.4 Å². The van der Waals surface area contributed by atoms with Crippen LogP contribution < -0.4 is 0 Å². The molecule has 2 aliphatic heterocycles. The summed E-state index contributed by atoms with van der Waals surface area (Å²) < 4.78 is 0. The molecule has 0 spiro atoms. The van der Waals surface area contributed by atoms with E-state index in [9.17, 15) is 19.5 Å². The van der Waals surface area contributed by atoms with Crippen molar-refractivity contribution in [1.82, 2.24) is 25.0 Å². The monoisotopic (exact) mass is 559 g/mol. The minimum Gasteiger partial charge on any atom is -0.369 e. The van der Waals surface area contributed by atoms with Crippen LogP contribution in [0.1, 0.15) is 107 Å². The third-order valence-electron chi connectivity index (χ3n) is 10.3. The highest BCUT2D eigenvalue weighted by atomic mass is 16.3. The molecule has 2 aromatic heterocycles. The van der Waals surface area contributed by atoms with Crippen LogP contribution in [-0.2, 0) is 0 Å². The molecule has 1 unspecified atom stereocenters. The summed E-state index contributed by atoms with van der Waals surface area (Å²) in [5.74, 6) is -0.847. The Morgan fingerprint density at radius 3 is 2.07 bits per heavy atom. The summed E-state index contributed by atoms with van der Waals surface area (Å²) in [6, 6.07) is 7.34. The van der Waals surface area contributed by atoms with Crippen molar-refractivity contribution >= 4 is 61.1 Å². The fraction of sp³-hybridized carbons (Fsp3) is 0.394. The largest absolute Gasteiger partial charge is 0.369 e. The molecule has 1 N–H and O–H groups in total. The van der Waals surface area contributed by atoms with Gasteiger partial charge in [-0.3, -0.25) is 24.3 Å². The molecule has 4 aliphatic rings. The second-order valence-corrected chi connectivity index (χ2v) is 12.4. The second-order valence-electron chi connectivity index (χ2n) is 12.4. The molecule has 0 bridgehead atoms. The average Bonchev–Trinajstić information content (AvgIpc) is 3.03. The van der Waals surface area contributed by atoms with E-state index >= 15 is 0 Å². The second kappa shape index (κ2) is 8.64. The maximum atomic E-state index is 13.9. The van der Waals surface area contributed by atoms with E-state index in [1.165, 1.54) is 4.90 Å². The number of pyridine rings is 1. The molecule has 2 fully saturated rings. The van der Waals surface area contributed by atoms with Crippen molar-refractivity contribution in [3.63, 3.8) is 0 Å². The van der Waals surface area contributed by atoms with Crippen LogP contribution in [0.15, 0.2) is 30.5 Å². The predicted molar refractivity (Wildman–Crippen MR) is 156 cm³/mol. The number of aliphatic hydroxyl groups is 1. The van der Waals surface area contributed by atoms with Gasteiger partial charge in [0, 0.05) is 56.2 Å². The summed E-state index contributed by atoms with van der Waals surface area (Å²) in [5.41, 5.74) is 3.06. The number of imide groups is 1. The van der Waals surface area contributed by atoms with Gasteiger partial charge in [-0.1, -0.05) is 56.7 Å². The van der Waals surface area contributed by atoms with Crippen molar-refractivity contribution in [1.29, 1.82) is 0 Å². The van der Waals surface area contributed by atoms with Crippen molar-refractivity contribution in [3.05, 3.63) is 52.8 Å². The van der Waals surface area contributed by atoms with Gasteiger partial charge >= 0.3 is 0 Å². The molecule has 5 aromatic rings. The zero-order valence-corrected chi connectivity index (χ0v) is 23.1. The first-order chi connectivity index (χ1) is 20.5. The smallest absolute Gasteiger partial charge is 0.282 e. The van der Waals surface area contributed by atoms with E-state index in [2.05, 4.69) is 10.2 Å². The maximum absolute atomic E-state index is 13.9. The van der Waals surface area contributed by atoms with Crippen LogP contribution in [0, 0.1) is 0 Å². The number of aromatic nitrogens is 3. The Kier molecular flexibility index (Phi) is 5.01. The molecule has 9 nitrogen and oxygen atoms in total. The number of amides is 3. The van der Waals surface area contributed by atoms with Crippen molar-refractivity contribution in [2.75, 3.05) is 0 Å². The lowest BCUT2D eigenvalue weighted by molar-refractivity contribution is -0.0228. The number of nitrogens with zero attached hydrogens (tertiary/aromatic N) is 5. The first kappa shape index (κ1) is 24.4. The first-order valence-corrected chi connectivity index (χ1v) is 15.2. The normalized spacial score (nSPS) is 22.0.